The van der Waals surface area contributed by atoms with Crippen molar-refractivity contribution >= 4 is 43.2 Å². The fourth-order valence-corrected chi connectivity index (χ4v) is 5.89. The highest BCUT2D eigenvalue weighted by atomic mass is 35.5. The third-order valence-corrected chi connectivity index (χ3v) is 7.98. The molecular formula is C22H23ClN2O3S2. The van der Waals surface area contributed by atoms with E-state index in [9.17, 15) is 13.2 Å². The molecule has 0 radical (unpaired) electrons. The zero-order valence-electron chi connectivity index (χ0n) is 16.4. The zero-order valence-corrected chi connectivity index (χ0v) is 18.8. The van der Waals surface area contributed by atoms with Crippen LogP contribution >= 0.6 is 22.9 Å². The van der Waals surface area contributed by atoms with E-state index in [2.05, 4.69) is 10.8 Å². The van der Waals surface area contributed by atoms with Crippen LogP contribution in [0.2, 0.25) is 5.02 Å². The maximum absolute atomic E-state index is 12.7. The highest BCUT2D eigenvalue weighted by Crippen LogP contribution is 2.24. The molecule has 0 bridgehead atoms. The van der Waals surface area contributed by atoms with Gasteiger partial charge in [0.2, 0.25) is 10.0 Å². The van der Waals surface area contributed by atoms with Crippen molar-refractivity contribution in [2.75, 3.05) is 6.54 Å². The van der Waals surface area contributed by atoms with E-state index in [1.54, 1.807) is 34.9 Å². The van der Waals surface area contributed by atoms with E-state index < -0.39 is 10.0 Å². The Morgan fingerprint density at radius 1 is 1.10 bits per heavy atom. The van der Waals surface area contributed by atoms with Gasteiger partial charge in [-0.2, -0.15) is 0 Å². The minimum atomic E-state index is -3.62. The molecule has 0 spiro atoms. The van der Waals surface area contributed by atoms with Crippen molar-refractivity contribution in [1.82, 2.24) is 9.29 Å². The summed E-state index contributed by atoms with van der Waals surface area (Å²) in [5.74, 6) is 0. The van der Waals surface area contributed by atoms with Gasteiger partial charge < -0.3 is 0 Å². The lowest BCUT2D eigenvalue weighted by Crippen LogP contribution is -2.25. The first-order valence-corrected chi connectivity index (χ1v) is 12.7. The Bertz CT molecular complexity index is 1240. The lowest BCUT2D eigenvalue weighted by Gasteiger charge is -2.13. The van der Waals surface area contributed by atoms with E-state index >= 15 is 0 Å². The van der Waals surface area contributed by atoms with Gasteiger partial charge in [-0.25, -0.2) is 13.1 Å². The molecule has 1 aromatic heterocycles. The number of benzene rings is 2. The number of hydrogen-bond donors (Lipinski definition) is 1. The molecular weight excluding hydrogens is 440 g/mol. The van der Waals surface area contributed by atoms with Gasteiger partial charge in [0.1, 0.15) is 0 Å². The summed E-state index contributed by atoms with van der Waals surface area (Å²) in [4.78, 5) is 12.6. The summed E-state index contributed by atoms with van der Waals surface area (Å²) >= 11 is 6.99. The maximum Gasteiger partial charge on any atom is 0.308 e. The van der Waals surface area contributed by atoms with Crippen molar-refractivity contribution in [1.29, 1.82) is 0 Å². The van der Waals surface area contributed by atoms with Crippen LogP contribution < -0.4 is 9.60 Å². The molecule has 8 heteroatoms. The molecule has 158 valence electrons. The predicted molar refractivity (Wildman–Crippen MR) is 123 cm³/mol. The van der Waals surface area contributed by atoms with Crippen LogP contribution in [-0.2, 0) is 16.6 Å². The second-order valence-corrected chi connectivity index (χ2v) is 10.7. The molecule has 0 fully saturated rings. The summed E-state index contributed by atoms with van der Waals surface area (Å²) in [6.45, 7) is 0.801. The number of thiazole rings is 1. The largest absolute Gasteiger partial charge is 0.308 e. The molecule has 3 aromatic rings. The van der Waals surface area contributed by atoms with Crippen LogP contribution in [-0.4, -0.2) is 19.5 Å². The molecule has 1 aliphatic rings. The van der Waals surface area contributed by atoms with Gasteiger partial charge in [0, 0.05) is 11.6 Å². The number of rotatable bonds is 7. The number of fused-ring (bicyclic) bond motifs is 1. The zero-order chi connectivity index (χ0) is 21.1. The molecule has 0 saturated carbocycles. The minimum Gasteiger partial charge on any atom is -0.294 e. The first-order valence-electron chi connectivity index (χ1n) is 9.98. The lowest BCUT2D eigenvalue weighted by molar-refractivity contribution is 0.579. The Kier molecular flexibility index (Phi) is 6.43. The molecule has 1 aliphatic carbocycles. The van der Waals surface area contributed by atoms with E-state index in [-0.39, 0.29) is 9.77 Å². The number of allylic oxidation sites excluding steroid dienone is 1. The third kappa shape index (κ3) is 4.86. The standard InChI is InChI=1S/C22H23ClN2O3S2/c23-18-8-6-17(7-9-18)15-25-20-11-10-19(14-21(20)29-22(25)26)30(27,28)24-13-12-16-4-2-1-3-5-16/h4,6-11,14,24H,1-3,5,12-13,15H2. The predicted octanol–water partition coefficient (Wildman–Crippen LogP) is 4.93. The van der Waals surface area contributed by atoms with E-state index in [0.29, 0.717) is 22.8 Å². The van der Waals surface area contributed by atoms with Gasteiger partial charge in [0.05, 0.1) is 21.7 Å². The summed E-state index contributed by atoms with van der Waals surface area (Å²) in [5.41, 5.74) is 3.01. The van der Waals surface area contributed by atoms with Crippen LogP contribution in [0.1, 0.15) is 37.7 Å². The molecule has 4 rings (SSSR count). The molecule has 30 heavy (non-hydrogen) atoms. The molecule has 2 aromatic carbocycles. The fourth-order valence-electron chi connectivity index (χ4n) is 3.70. The van der Waals surface area contributed by atoms with Gasteiger partial charge in [0.25, 0.3) is 0 Å². The van der Waals surface area contributed by atoms with Gasteiger partial charge in [-0.1, -0.05) is 46.7 Å². The first-order chi connectivity index (χ1) is 14.4. The number of aromatic nitrogens is 1. The summed E-state index contributed by atoms with van der Waals surface area (Å²) in [7, 11) is -3.62. The van der Waals surface area contributed by atoms with Crippen LogP contribution in [0, 0.1) is 0 Å². The number of nitrogens with zero attached hydrogens (tertiary/aromatic N) is 1. The maximum atomic E-state index is 12.7. The van der Waals surface area contributed by atoms with Crippen molar-refractivity contribution in [3.8, 4) is 0 Å². The quantitative estimate of drug-likeness (QED) is 0.506. The highest BCUT2D eigenvalue weighted by molar-refractivity contribution is 7.89. The van der Waals surface area contributed by atoms with Crippen molar-refractivity contribution in [3.63, 3.8) is 0 Å². The van der Waals surface area contributed by atoms with Crippen molar-refractivity contribution in [3.05, 3.63) is 74.4 Å². The van der Waals surface area contributed by atoms with Gasteiger partial charge in [0.15, 0.2) is 0 Å². The number of sulfonamides is 1. The Hall–Kier alpha value is -1.93. The van der Waals surface area contributed by atoms with Gasteiger partial charge in [-0.15, -0.1) is 0 Å². The third-order valence-electron chi connectivity index (χ3n) is 5.33. The molecule has 0 amide bonds. The van der Waals surface area contributed by atoms with Crippen LogP contribution in [0.5, 0.6) is 0 Å². The molecule has 0 saturated heterocycles. The normalized spacial score (nSPS) is 14.8. The van der Waals surface area contributed by atoms with Crippen molar-refractivity contribution in [2.45, 2.75) is 43.5 Å². The molecule has 0 unspecified atom stereocenters. The lowest BCUT2D eigenvalue weighted by atomic mass is 9.97. The van der Waals surface area contributed by atoms with Gasteiger partial charge in [-0.3, -0.25) is 9.36 Å². The summed E-state index contributed by atoms with van der Waals surface area (Å²) in [6.07, 6.45) is 7.52. The smallest absolute Gasteiger partial charge is 0.294 e. The fraction of sp³-hybridized carbons (Fsp3) is 0.318. The van der Waals surface area contributed by atoms with E-state index in [0.717, 1.165) is 41.7 Å². The second kappa shape index (κ2) is 9.06. The monoisotopic (exact) mass is 462 g/mol. The number of nitrogens with one attached hydrogen (secondary N) is 1. The Labute approximate surface area is 185 Å². The SMILES string of the molecule is O=c1sc2cc(S(=O)(=O)NCCC3=CCCCC3)ccc2n1Cc1ccc(Cl)cc1. The van der Waals surface area contributed by atoms with Gasteiger partial charge >= 0.3 is 4.87 Å². The number of halogens is 1. The summed E-state index contributed by atoms with van der Waals surface area (Å²) < 4.78 is 30.4. The van der Waals surface area contributed by atoms with Crippen molar-refractivity contribution in [2.24, 2.45) is 0 Å². The summed E-state index contributed by atoms with van der Waals surface area (Å²) in [5, 5.41) is 0.642. The van der Waals surface area contributed by atoms with Crippen molar-refractivity contribution < 1.29 is 8.42 Å². The van der Waals surface area contributed by atoms with Crippen LogP contribution in [0.3, 0.4) is 0 Å². The molecule has 1 heterocycles. The first kappa shape index (κ1) is 21.3. The van der Waals surface area contributed by atoms with E-state index in [1.807, 2.05) is 12.1 Å². The average Bonchev–Trinajstić information content (AvgIpc) is 3.05. The van der Waals surface area contributed by atoms with Crippen LogP contribution in [0.15, 0.2) is 63.8 Å². The molecule has 0 atom stereocenters. The van der Waals surface area contributed by atoms with Crippen LogP contribution in [0.4, 0.5) is 0 Å². The Morgan fingerprint density at radius 3 is 2.63 bits per heavy atom. The Balaban J connectivity index is 1.52. The highest BCUT2D eigenvalue weighted by Gasteiger charge is 2.17. The molecule has 5 nitrogen and oxygen atoms in total. The van der Waals surface area contributed by atoms with Gasteiger partial charge in [-0.05, 0) is 68.0 Å². The average molecular weight is 463 g/mol. The summed E-state index contributed by atoms with van der Waals surface area (Å²) in [6, 6.07) is 12.2. The topological polar surface area (TPSA) is 68.2 Å². The van der Waals surface area contributed by atoms with E-state index in [1.165, 1.54) is 18.4 Å². The second-order valence-electron chi connectivity index (χ2n) is 7.47. The number of hydrogen-bond acceptors (Lipinski definition) is 4. The molecule has 0 aliphatic heterocycles. The van der Waals surface area contributed by atoms with Crippen LogP contribution in [0.25, 0.3) is 10.2 Å². The molecule has 1 N–H and O–H groups in total. The minimum absolute atomic E-state index is 0.119. The Morgan fingerprint density at radius 2 is 1.90 bits per heavy atom. The van der Waals surface area contributed by atoms with E-state index in [4.69, 9.17) is 11.6 Å².